The molecule has 0 bridgehead atoms. The molecule has 1 unspecified atom stereocenters. The number of carbonyl (C=O) groups is 2. The smallest absolute Gasteiger partial charge is 0.244 e. The van der Waals surface area contributed by atoms with Crippen molar-refractivity contribution < 1.29 is 19.1 Å². The molecule has 0 heterocycles. The molecule has 22 heavy (non-hydrogen) atoms. The van der Waals surface area contributed by atoms with E-state index >= 15 is 0 Å². The third-order valence-corrected chi connectivity index (χ3v) is 3.03. The molecule has 0 aliphatic carbocycles. The van der Waals surface area contributed by atoms with Gasteiger partial charge in [0.05, 0.1) is 18.7 Å². The lowest BCUT2D eigenvalue weighted by Crippen LogP contribution is -2.41. The molecule has 6 nitrogen and oxygen atoms in total. The number of nitrogens with one attached hydrogen (secondary N) is 1. The van der Waals surface area contributed by atoms with Crippen LogP contribution in [0.4, 0.5) is 0 Å². The number of hydrogen-bond acceptors (Lipinski definition) is 4. The maximum absolute atomic E-state index is 11.7. The number of nitrogens with two attached hydrogens (primary N) is 1. The first kappa shape index (κ1) is 17.8. The molecule has 3 N–H and O–H groups in total. The SMILES string of the molecule is CCOc1cc(/C=C/C(=O)NC(C)C(N)=O)cc(Cl)c1OC. The first-order chi connectivity index (χ1) is 10.4. The Labute approximate surface area is 134 Å². The molecule has 0 aromatic heterocycles. The van der Waals surface area contributed by atoms with E-state index in [9.17, 15) is 9.59 Å². The van der Waals surface area contributed by atoms with E-state index < -0.39 is 17.9 Å². The molecule has 2 amide bonds. The fourth-order valence-electron chi connectivity index (χ4n) is 1.65. The largest absolute Gasteiger partial charge is 0.491 e. The molecule has 1 aromatic carbocycles. The Hall–Kier alpha value is -2.21. The molecule has 1 aromatic rings. The Kier molecular flexibility index (Phi) is 6.72. The first-order valence-corrected chi connectivity index (χ1v) is 7.05. The van der Waals surface area contributed by atoms with Gasteiger partial charge in [0.1, 0.15) is 6.04 Å². The zero-order valence-electron chi connectivity index (χ0n) is 12.7. The summed E-state index contributed by atoms with van der Waals surface area (Å²) in [5.41, 5.74) is 5.73. The molecule has 0 spiro atoms. The molecular weight excluding hydrogens is 308 g/mol. The summed E-state index contributed by atoms with van der Waals surface area (Å²) in [4.78, 5) is 22.5. The van der Waals surface area contributed by atoms with Crippen molar-refractivity contribution >= 4 is 29.5 Å². The fourth-order valence-corrected chi connectivity index (χ4v) is 1.95. The van der Waals surface area contributed by atoms with E-state index in [0.29, 0.717) is 28.7 Å². The summed E-state index contributed by atoms with van der Waals surface area (Å²) in [5, 5.41) is 2.81. The second kappa shape index (κ2) is 8.29. The molecule has 0 fully saturated rings. The molecule has 1 atom stereocenters. The van der Waals surface area contributed by atoms with Gasteiger partial charge in [-0.05, 0) is 37.6 Å². The topological polar surface area (TPSA) is 90.6 Å². The van der Waals surface area contributed by atoms with Gasteiger partial charge in [-0.2, -0.15) is 0 Å². The quantitative estimate of drug-likeness (QED) is 0.747. The van der Waals surface area contributed by atoms with E-state index in [0.717, 1.165) is 0 Å². The van der Waals surface area contributed by atoms with Crippen molar-refractivity contribution in [2.24, 2.45) is 5.73 Å². The van der Waals surface area contributed by atoms with Crippen LogP contribution in [0.2, 0.25) is 5.02 Å². The van der Waals surface area contributed by atoms with Crippen molar-refractivity contribution in [3.63, 3.8) is 0 Å². The summed E-state index contributed by atoms with van der Waals surface area (Å²) in [6.45, 7) is 3.80. The average Bonchev–Trinajstić information content (AvgIpc) is 2.45. The summed E-state index contributed by atoms with van der Waals surface area (Å²) >= 11 is 6.11. The summed E-state index contributed by atoms with van der Waals surface area (Å²) in [6, 6.07) is 2.61. The van der Waals surface area contributed by atoms with Crippen LogP contribution in [-0.4, -0.2) is 31.6 Å². The van der Waals surface area contributed by atoms with Gasteiger partial charge in [0.15, 0.2) is 11.5 Å². The van der Waals surface area contributed by atoms with Crippen LogP contribution in [0.5, 0.6) is 11.5 Å². The standard InChI is InChI=1S/C15H19ClN2O4/c1-4-22-12-8-10(7-11(16)14(12)21-3)5-6-13(19)18-9(2)15(17)20/h5-9H,4H2,1-3H3,(H2,17,20)(H,18,19)/b6-5+. The van der Waals surface area contributed by atoms with Gasteiger partial charge in [0, 0.05) is 6.08 Å². The van der Waals surface area contributed by atoms with E-state index in [1.807, 2.05) is 6.92 Å². The van der Waals surface area contributed by atoms with Crippen molar-refractivity contribution in [3.8, 4) is 11.5 Å². The Morgan fingerprint density at radius 3 is 2.68 bits per heavy atom. The summed E-state index contributed by atoms with van der Waals surface area (Å²) < 4.78 is 10.6. The van der Waals surface area contributed by atoms with Gasteiger partial charge in [0.25, 0.3) is 0 Å². The van der Waals surface area contributed by atoms with Crippen LogP contribution in [0.1, 0.15) is 19.4 Å². The lowest BCUT2D eigenvalue weighted by atomic mass is 10.2. The number of rotatable bonds is 7. The molecule has 0 saturated heterocycles. The minimum atomic E-state index is -0.740. The van der Waals surface area contributed by atoms with Gasteiger partial charge in [-0.3, -0.25) is 9.59 Å². The van der Waals surface area contributed by atoms with E-state index in [1.54, 1.807) is 18.2 Å². The second-order valence-electron chi connectivity index (χ2n) is 4.43. The predicted molar refractivity (Wildman–Crippen MR) is 85.0 cm³/mol. The lowest BCUT2D eigenvalue weighted by Gasteiger charge is -2.12. The fraction of sp³-hybridized carbons (Fsp3) is 0.333. The number of benzene rings is 1. The molecule has 0 radical (unpaired) electrons. The van der Waals surface area contributed by atoms with Crippen LogP contribution < -0.4 is 20.5 Å². The number of hydrogen-bond donors (Lipinski definition) is 2. The van der Waals surface area contributed by atoms with E-state index in [2.05, 4.69) is 5.32 Å². The lowest BCUT2D eigenvalue weighted by molar-refractivity contribution is -0.124. The summed E-state index contributed by atoms with van der Waals surface area (Å²) in [6.07, 6.45) is 2.84. The van der Waals surface area contributed by atoms with Crippen LogP contribution >= 0.6 is 11.6 Å². The van der Waals surface area contributed by atoms with Gasteiger partial charge in [-0.15, -0.1) is 0 Å². The highest BCUT2D eigenvalue weighted by atomic mass is 35.5. The van der Waals surface area contributed by atoms with Gasteiger partial charge >= 0.3 is 0 Å². The maximum Gasteiger partial charge on any atom is 0.244 e. The zero-order chi connectivity index (χ0) is 16.7. The molecule has 120 valence electrons. The number of halogens is 1. The monoisotopic (exact) mass is 326 g/mol. The van der Waals surface area contributed by atoms with Gasteiger partial charge in [-0.1, -0.05) is 11.6 Å². The van der Waals surface area contributed by atoms with E-state index in [1.165, 1.54) is 20.1 Å². The summed E-state index contributed by atoms with van der Waals surface area (Å²) in [7, 11) is 1.50. The van der Waals surface area contributed by atoms with Gasteiger partial charge < -0.3 is 20.5 Å². The van der Waals surface area contributed by atoms with Crippen molar-refractivity contribution in [3.05, 3.63) is 28.8 Å². The molecule has 0 saturated carbocycles. The number of methoxy groups -OCH3 is 1. The highest BCUT2D eigenvalue weighted by molar-refractivity contribution is 6.32. The third kappa shape index (κ3) is 4.96. The van der Waals surface area contributed by atoms with Gasteiger partial charge in [-0.25, -0.2) is 0 Å². The van der Waals surface area contributed by atoms with Crippen molar-refractivity contribution in [1.82, 2.24) is 5.32 Å². The molecular formula is C15H19ClN2O4. The van der Waals surface area contributed by atoms with E-state index in [4.69, 9.17) is 26.8 Å². The van der Waals surface area contributed by atoms with Crippen LogP contribution in [-0.2, 0) is 9.59 Å². The summed E-state index contributed by atoms with van der Waals surface area (Å²) in [5.74, 6) is -0.111. The Balaban J connectivity index is 2.91. The molecule has 1 rings (SSSR count). The average molecular weight is 327 g/mol. The van der Waals surface area contributed by atoms with Crippen molar-refractivity contribution in [2.75, 3.05) is 13.7 Å². The van der Waals surface area contributed by atoms with Gasteiger partial charge in [0.2, 0.25) is 11.8 Å². The number of primary amides is 1. The second-order valence-corrected chi connectivity index (χ2v) is 4.84. The minimum absolute atomic E-state index is 0.374. The van der Waals surface area contributed by atoms with Crippen LogP contribution in [0.15, 0.2) is 18.2 Å². The highest BCUT2D eigenvalue weighted by Gasteiger charge is 2.12. The third-order valence-electron chi connectivity index (χ3n) is 2.75. The van der Waals surface area contributed by atoms with Crippen LogP contribution in [0.3, 0.4) is 0 Å². The Bertz CT molecular complexity index is 587. The number of ether oxygens (including phenoxy) is 2. The maximum atomic E-state index is 11.7. The van der Waals surface area contributed by atoms with Crippen molar-refractivity contribution in [1.29, 1.82) is 0 Å². The number of carbonyl (C=O) groups excluding carboxylic acids is 2. The van der Waals surface area contributed by atoms with Crippen molar-refractivity contribution in [2.45, 2.75) is 19.9 Å². The minimum Gasteiger partial charge on any atom is -0.491 e. The predicted octanol–water partition coefficient (Wildman–Crippen LogP) is 1.75. The highest BCUT2D eigenvalue weighted by Crippen LogP contribution is 2.36. The first-order valence-electron chi connectivity index (χ1n) is 6.67. The molecule has 0 aliphatic rings. The molecule has 7 heteroatoms. The van der Waals surface area contributed by atoms with Crippen LogP contribution in [0, 0.1) is 0 Å². The number of amides is 2. The normalized spacial score (nSPS) is 12.0. The van der Waals surface area contributed by atoms with E-state index in [-0.39, 0.29) is 0 Å². The zero-order valence-corrected chi connectivity index (χ0v) is 13.4. The Morgan fingerprint density at radius 1 is 1.45 bits per heavy atom. The molecule has 0 aliphatic heterocycles. The Morgan fingerprint density at radius 2 is 2.14 bits per heavy atom. The van der Waals surface area contributed by atoms with Crippen LogP contribution in [0.25, 0.3) is 6.08 Å².